The van der Waals surface area contributed by atoms with Crippen LogP contribution in [-0.2, 0) is 0 Å². The van der Waals surface area contributed by atoms with Crippen LogP contribution in [0.4, 0.5) is 5.82 Å². The van der Waals surface area contributed by atoms with Crippen molar-refractivity contribution >= 4 is 5.82 Å². The molecule has 108 valence electrons. The highest BCUT2D eigenvalue weighted by atomic mass is 16.1. The van der Waals surface area contributed by atoms with Gasteiger partial charge >= 0.3 is 0 Å². The van der Waals surface area contributed by atoms with E-state index in [9.17, 15) is 4.79 Å². The van der Waals surface area contributed by atoms with Gasteiger partial charge in [-0.25, -0.2) is 4.98 Å². The Morgan fingerprint density at radius 1 is 1.21 bits per heavy atom. The van der Waals surface area contributed by atoms with E-state index in [0.29, 0.717) is 5.82 Å². The SMILES string of the molecule is CCCCCCCCNc1nccn(C(C)C)c1=O. The summed E-state index contributed by atoms with van der Waals surface area (Å²) in [7, 11) is 0. The average molecular weight is 265 g/mol. The van der Waals surface area contributed by atoms with Gasteiger partial charge in [0.15, 0.2) is 5.82 Å². The fourth-order valence-corrected chi connectivity index (χ4v) is 2.06. The predicted molar refractivity (Wildman–Crippen MR) is 80.7 cm³/mol. The molecule has 1 N–H and O–H groups in total. The van der Waals surface area contributed by atoms with Gasteiger partial charge in [0.1, 0.15) is 0 Å². The van der Waals surface area contributed by atoms with Gasteiger partial charge in [0.05, 0.1) is 0 Å². The van der Waals surface area contributed by atoms with Crippen LogP contribution >= 0.6 is 0 Å². The monoisotopic (exact) mass is 265 g/mol. The van der Waals surface area contributed by atoms with Crippen LogP contribution in [-0.4, -0.2) is 16.1 Å². The van der Waals surface area contributed by atoms with Crippen LogP contribution in [0.2, 0.25) is 0 Å². The molecule has 4 nitrogen and oxygen atoms in total. The normalized spacial score (nSPS) is 10.9. The number of nitrogens with one attached hydrogen (secondary N) is 1. The lowest BCUT2D eigenvalue weighted by atomic mass is 10.1. The Labute approximate surface area is 116 Å². The molecule has 0 saturated heterocycles. The third-order valence-corrected chi connectivity index (χ3v) is 3.25. The van der Waals surface area contributed by atoms with Crippen LogP contribution in [0.3, 0.4) is 0 Å². The lowest BCUT2D eigenvalue weighted by Crippen LogP contribution is -2.25. The Balaban J connectivity index is 2.34. The maximum Gasteiger partial charge on any atom is 0.293 e. The van der Waals surface area contributed by atoms with Gasteiger partial charge in [0, 0.05) is 25.0 Å². The number of nitrogens with zero attached hydrogens (tertiary/aromatic N) is 2. The minimum atomic E-state index is -0.0246. The predicted octanol–water partition coefficient (Wildman–Crippen LogP) is 3.60. The molecule has 0 aliphatic carbocycles. The first-order chi connectivity index (χ1) is 9.16. The first-order valence-electron chi connectivity index (χ1n) is 7.47. The Bertz CT molecular complexity index is 412. The maximum absolute atomic E-state index is 12.1. The lowest BCUT2D eigenvalue weighted by Gasteiger charge is -2.11. The molecule has 0 fully saturated rings. The molecular formula is C15H27N3O. The number of hydrogen-bond donors (Lipinski definition) is 1. The summed E-state index contributed by atoms with van der Waals surface area (Å²) in [6.45, 7) is 7.05. The van der Waals surface area contributed by atoms with Crippen LogP contribution < -0.4 is 10.9 Å². The van der Waals surface area contributed by atoms with Crippen molar-refractivity contribution in [2.45, 2.75) is 65.3 Å². The molecular weight excluding hydrogens is 238 g/mol. The quantitative estimate of drug-likeness (QED) is 0.694. The zero-order chi connectivity index (χ0) is 14.1. The van der Waals surface area contributed by atoms with Gasteiger partial charge in [-0.15, -0.1) is 0 Å². The Morgan fingerprint density at radius 2 is 1.89 bits per heavy atom. The van der Waals surface area contributed by atoms with Gasteiger partial charge in [0.25, 0.3) is 5.56 Å². The van der Waals surface area contributed by atoms with Gasteiger partial charge < -0.3 is 9.88 Å². The van der Waals surface area contributed by atoms with Crippen LogP contribution in [0, 0.1) is 0 Å². The van der Waals surface area contributed by atoms with Crippen molar-refractivity contribution < 1.29 is 0 Å². The summed E-state index contributed by atoms with van der Waals surface area (Å²) in [5.74, 6) is 0.477. The van der Waals surface area contributed by atoms with Gasteiger partial charge in [-0.3, -0.25) is 4.79 Å². The van der Waals surface area contributed by atoms with Crippen LogP contribution in [0.1, 0.15) is 65.3 Å². The highest BCUT2D eigenvalue weighted by Gasteiger charge is 2.05. The minimum Gasteiger partial charge on any atom is -0.365 e. The molecule has 0 aromatic carbocycles. The summed E-state index contributed by atoms with van der Waals surface area (Å²) < 4.78 is 1.70. The molecule has 1 rings (SSSR count). The molecule has 0 unspecified atom stereocenters. The Kier molecular flexibility index (Phi) is 7.23. The molecule has 0 atom stereocenters. The maximum atomic E-state index is 12.1. The van der Waals surface area contributed by atoms with E-state index in [-0.39, 0.29) is 11.6 Å². The first-order valence-corrected chi connectivity index (χ1v) is 7.47. The highest BCUT2D eigenvalue weighted by molar-refractivity contribution is 5.30. The summed E-state index contributed by atoms with van der Waals surface area (Å²) in [5.41, 5.74) is -0.0246. The number of aromatic nitrogens is 2. The molecule has 0 amide bonds. The van der Waals surface area contributed by atoms with Gasteiger partial charge in [-0.2, -0.15) is 0 Å². The average Bonchev–Trinajstić information content (AvgIpc) is 2.39. The third-order valence-electron chi connectivity index (χ3n) is 3.25. The second kappa shape index (κ2) is 8.73. The van der Waals surface area contributed by atoms with E-state index in [2.05, 4.69) is 17.2 Å². The molecule has 0 aliphatic heterocycles. The zero-order valence-corrected chi connectivity index (χ0v) is 12.5. The smallest absolute Gasteiger partial charge is 0.293 e. The van der Waals surface area contributed by atoms with Gasteiger partial charge in [-0.1, -0.05) is 39.0 Å². The largest absolute Gasteiger partial charge is 0.365 e. The molecule has 1 aromatic rings. The molecule has 4 heteroatoms. The molecule has 1 aromatic heterocycles. The molecule has 0 saturated carbocycles. The van der Waals surface area contributed by atoms with Crippen LogP contribution in [0.25, 0.3) is 0 Å². The van der Waals surface area contributed by atoms with Crippen molar-refractivity contribution in [1.82, 2.24) is 9.55 Å². The number of rotatable bonds is 9. The fraction of sp³-hybridized carbons (Fsp3) is 0.733. The zero-order valence-electron chi connectivity index (χ0n) is 12.5. The lowest BCUT2D eigenvalue weighted by molar-refractivity contribution is 0.574. The fourth-order valence-electron chi connectivity index (χ4n) is 2.06. The van der Waals surface area contributed by atoms with E-state index in [1.165, 1.54) is 32.1 Å². The van der Waals surface area contributed by atoms with Crippen molar-refractivity contribution in [1.29, 1.82) is 0 Å². The van der Waals surface area contributed by atoms with Gasteiger partial charge in [-0.05, 0) is 20.3 Å². The van der Waals surface area contributed by atoms with E-state index < -0.39 is 0 Å². The summed E-state index contributed by atoms with van der Waals surface area (Å²) in [6.07, 6.45) is 11.0. The number of unbranched alkanes of at least 4 members (excludes halogenated alkanes) is 5. The van der Waals surface area contributed by atoms with E-state index in [1.54, 1.807) is 17.0 Å². The second-order valence-corrected chi connectivity index (χ2v) is 5.28. The number of hydrogen-bond acceptors (Lipinski definition) is 3. The molecule has 1 heterocycles. The van der Waals surface area contributed by atoms with Crippen molar-refractivity contribution in [3.05, 3.63) is 22.7 Å². The van der Waals surface area contributed by atoms with Crippen molar-refractivity contribution in [2.75, 3.05) is 11.9 Å². The topological polar surface area (TPSA) is 46.9 Å². The number of anilines is 1. The van der Waals surface area contributed by atoms with E-state index in [1.807, 2.05) is 13.8 Å². The van der Waals surface area contributed by atoms with E-state index >= 15 is 0 Å². The first kappa shape index (κ1) is 15.7. The molecule has 0 bridgehead atoms. The van der Waals surface area contributed by atoms with Gasteiger partial charge in [0.2, 0.25) is 0 Å². The molecule has 19 heavy (non-hydrogen) atoms. The molecule has 0 spiro atoms. The standard InChI is InChI=1S/C15H27N3O/c1-4-5-6-7-8-9-10-16-14-15(19)18(13(2)3)12-11-17-14/h11-13H,4-10H2,1-3H3,(H,16,17). The second-order valence-electron chi connectivity index (χ2n) is 5.28. The highest BCUT2D eigenvalue weighted by Crippen LogP contribution is 2.05. The molecule has 0 aliphatic rings. The van der Waals surface area contributed by atoms with Crippen molar-refractivity contribution in [3.63, 3.8) is 0 Å². The summed E-state index contributed by atoms with van der Waals surface area (Å²) >= 11 is 0. The Hall–Kier alpha value is -1.32. The summed E-state index contributed by atoms with van der Waals surface area (Å²) in [6, 6.07) is 0.171. The van der Waals surface area contributed by atoms with Crippen LogP contribution in [0.15, 0.2) is 17.2 Å². The molecule has 0 radical (unpaired) electrons. The van der Waals surface area contributed by atoms with E-state index in [4.69, 9.17) is 0 Å². The van der Waals surface area contributed by atoms with Crippen LogP contribution in [0.5, 0.6) is 0 Å². The van der Waals surface area contributed by atoms with Crippen molar-refractivity contribution in [3.8, 4) is 0 Å². The van der Waals surface area contributed by atoms with E-state index in [0.717, 1.165) is 13.0 Å². The minimum absolute atomic E-state index is 0.0246. The van der Waals surface area contributed by atoms with Crippen molar-refractivity contribution in [2.24, 2.45) is 0 Å². The summed E-state index contributed by atoms with van der Waals surface area (Å²) in [4.78, 5) is 16.2. The third kappa shape index (κ3) is 5.45. The summed E-state index contributed by atoms with van der Waals surface area (Å²) in [5, 5.41) is 3.15. The Morgan fingerprint density at radius 3 is 2.58 bits per heavy atom.